The number of alkyl halides is 3. The predicted octanol–water partition coefficient (Wildman–Crippen LogP) is 3.17. The fourth-order valence-corrected chi connectivity index (χ4v) is 4.09. The van der Waals surface area contributed by atoms with Crippen LogP contribution in [-0.2, 0) is 23.9 Å². The summed E-state index contributed by atoms with van der Waals surface area (Å²) in [6.07, 6.45) is -4.20. The first kappa shape index (κ1) is 24.3. The van der Waals surface area contributed by atoms with Crippen LogP contribution in [0.15, 0.2) is 40.1 Å². The summed E-state index contributed by atoms with van der Waals surface area (Å²) in [6, 6.07) is 4.44. The molecule has 0 unspecified atom stereocenters. The predicted molar refractivity (Wildman–Crippen MR) is 116 cm³/mol. The number of benzene rings is 1. The standard InChI is InChI=1S/C21H22ClF3N6O2/c1-11(13-6-4-5-7-15(13)21(23,24)25)31-16-8-9-30(10-14(16)18(29-31)19(26)32)12(2)17(22)20(33)28-27-3/h4-7,11H,3,8-10H2,1-2H3,(H2,26,32)(H,28,33)/b17-12-/t11-/m0/s1. The van der Waals surface area contributed by atoms with Gasteiger partial charge in [0.2, 0.25) is 0 Å². The molecule has 2 amide bonds. The Morgan fingerprint density at radius 3 is 2.61 bits per heavy atom. The van der Waals surface area contributed by atoms with Gasteiger partial charge in [0.05, 0.1) is 11.6 Å². The van der Waals surface area contributed by atoms with Gasteiger partial charge in [-0.3, -0.25) is 14.3 Å². The lowest BCUT2D eigenvalue weighted by Crippen LogP contribution is -2.33. The van der Waals surface area contributed by atoms with Crippen LogP contribution in [-0.4, -0.2) is 39.8 Å². The zero-order valence-corrected chi connectivity index (χ0v) is 18.7. The average Bonchev–Trinajstić information content (AvgIpc) is 3.16. The van der Waals surface area contributed by atoms with Crippen LogP contribution in [0, 0.1) is 0 Å². The molecule has 2 heterocycles. The number of primary amides is 1. The van der Waals surface area contributed by atoms with Crippen molar-refractivity contribution in [1.82, 2.24) is 20.1 Å². The second-order valence-corrected chi connectivity index (χ2v) is 7.89. The lowest BCUT2D eigenvalue weighted by Gasteiger charge is -2.31. The summed E-state index contributed by atoms with van der Waals surface area (Å²) in [5.74, 6) is -1.44. The van der Waals surface area contributed by atoms with Gasteiger partial charge in [0.1, 0.15) is 5.03 Å². The first-order valence-corrected chi connectivity index (χ1v) is 10.3. The fraction of sp³-hybridized carbons (Fsp3) is 0.333. The highest BCUT2D eigenvalue weighted by Crippen LogP contribution is 2.37. The number of aromatic nitrogens is 2. The molecular weight excluding hydrogens is 461 g/mol. The second kappa shape index (κ2) is 9.26. The Bertz CT molecular complexity index is 1140. The van der Waals surface area contributed by atoms with E-state index in [-0.39, 0.29) is 22.8 Å². The molecule has 0 spiro atoms. The average molecular weight is 483 g/mol. The van der Waals surface area contributed by atoms with Crippen LogP contribution in [0.25, 0.3) is 0 Å². The van der Waals surface area contributed by atoms with Gasteiger partial charge in [-0.05, 0) is 25.5 Å². The highest BCUT2D eigenvalue weighted by atomic mass is 35.5. The van der Waals surface area contributed by atoms with Crippen LogP contribution in [0.1, 0.15) is 52.8 Å². The number of carbonyl (C=O) groups is 2. The molecule has 0 saturated carbocycles. The van der Waals surface area contributed by atoms with Crippen LogP contribution in [0.5, 0.6) is 0 Å². The Morgan fingerprint density at radius 2 is 2.00 bits per heavy atom. The van der Waals surface area contributed by atoms with Gasteiger partial charge < -0.3 is 10.6 Å². The molecule has 1 aliphatic heterocycles. The smallest absolute Gasteiger partial charge is 0.369 e. The minimum atomic E-state index is -4.54. The maximum absolute atomic E-state index is 13.6. The Labute approximate surface area is 192 Å². The second-order valence-electron chi connectivity index (χ2n) is 7.51. The van der Waals surface area contributed by atoms with Crippen molar-refractivity contribution in [3.63, 3.8) is 0 Å². The van der Waals surface area contributed by atoms with Crippen LogP contribution in [0.4, 0.5) is 13.2 Å². The third-order valence-electron chi connectivity index (χ3n) is 5.57. The number of halogens is 4. The van der Waals surface area contributed by atoms with Gasteiger partial charge in [-0.25, -0.2) is 5.43 Å². The fourth-order valence-electron chi connectivity index (χ4n) is 3.93. The number of rotatable bonds is 6. The normalized spacial score (nSPS) is 15.4. The first-order valence-electron chi connectivity index (χ1n) is 9.90. The third kappa shape index (κ3) is 4.72. The lowest BCUT2D eigenvalue weighted by molar-refractivity contribution is -0.138. The summed E-state index contributed by atoms with van der Waals surface area (Å²) in [7, 11) is 0. The van der Waals surface area contributed by atoms with E-state index in [1.54, 1.807) is 18.7 Å². The Morgan fingerprint density at radius 1 is 1.33 bits per heavy atom. The number of hydrazone groups is 1. The molecule has 3 N–H and O–H groups in total. The van der Waals surface area contributed by atoms with Gasteiger partial charge in [0.25, 0.3) is 11.8 Å². The van der Waals surface area contributed by atoms with Gasteiger partial charge in [-0.1, -0.05) is 29.8 Å². The van der Waals surface area contributed by atoms with Crippen molar-refractivity contribution in [2.45, 2.75) is 39.0 Å². The van der Waals surface area contributed by atoms with Crippen molar-refractivity contribution in [2.75, 3.05) is 6.54 Å². The van der Waals surface area contributed by atoms with E-state index in [4.69, 9.17) is 17.3 Å². The van der Waals surface area contributed by atoms with Crippen molar-refractivity contribution in [3.05, 3.63) is 63.1 Å². The molecule has 0 aliphatic carbocycles. The molecule has 1 aromatic heterocycles. The van der Waals surface area contributed by atoms with E-state index in [2.05, 4.69) is 22.3 Å². The van der Waals surface area contributed by atoms with Crippen LogP contribution < -0.4 is 11.2 Å². The quantitative estimate of drug-likeness (QED) is 0.375. The highest BCUT2D eigenvalue weighted by molar-refractivity contribution is 6.42. The molecule has 176 valence electrons. The van der Waals surface area contributed by atoms with Crippen LogP contribution in [0.3, 0.4) is 0 Å². The van der Waals surface area contributed by atoms with Crippen molar-refractivity contribution in [2.24, 2.45) is 10.8 Å². The molecule has 12 heteroatoms. The van der Waals surface area contributed by atoms with Crippen LogP contribution >= 0.6 is 11.6 Å². The van der Waals surface area contributed by atoms with E-state index in [1.165, 1.54) is 22.9 Å². The van der Waals surface area contributed by atoms with E-state index in [9.17, 15) is 22.8 Å². The van der Waals surface area contributed by atoms with E-state index in [0.717, 1.165) is 6.07 Å². The highest BCUT2D eigenvalue weighted by Gasteiger charge is 2.36. The van der Waals surface area contributed by atoms with E-state index in [1.807, 2.05) is 0 Å². The SMILES string of the molecule is C=NNC(=O)/C(Cl)=C(\C)N1CCc2c(c(C(N)=O)nn2[C@@H](C)c2ccccc2C(F)(F)F)C1. The summed E-state index contributed by atoms with van der Waals surface area (Å²) in [5, 5.41) is 7.48. The van der Waals surface area contributed by atoms with E-state index >= 15 is 0 Å². The van der Waals surface area contributed by atoms with Crippen molar-refractivity contribution < 1.29 is 22.8 Å². The molecule has 3 rings (SSSR count). The number of nitrogens with one attached hydrogen (secondary N) is 1. The Kier molecular flexibility index (Phi) is 6.82. The molecular formula is C21H22ClF3N6O2. The maximum atomic E-state index is 13.6. The number of nitrogens with zero attached hydrogens (tertiary/aromatic N) is 4. The van der Waals surface area contributed by atoms with Gasteiger partial charge in [-0.2, -0.15) is 23.4 Å². The largest absolute Gasteiger partial charge is 0.416 e. The monoisotopic (exact) mass is 482 g/mol. The first-order chi connectivity index (χ1) is 15.5. The zero-order valence-electron chi connectivity index (χ0n) is 17.9. The molecule has 0 bridgehead atoms. The number of amides is 2. The molecule has 1 atom stereocenters. The summed E-state index contributed by atoms with van der Waals surface area (Å²) < 4.78 is 42.1. The summed E-state index contributed by atoms with van der Waals surface area (Å²) in [6.45, 7) is 6.93. The van der Waals surface area contributed by atoms with Crippen LogP contribution in [0.2, 0.25) is 0 Å². The summed E-state index contributed by atoms with van der Waals surface area (Å²) >= 11 is 6.14. The minimum absolute atomic E-state index is 0.0291. The lowest BCUT2D eigenvalue weighted by atomic mass is 9.99. The molecule has 1 aliphatic rings. The van der Waals surface area contributed by atoms with Crippen molar-refractivity contribution in [1.29, 1.82) is 0 Å². The van der Waals surface area contributed by atoms with Crippen molar-refractivity contribution in [3.8, 4) is 0 Å². The van der Waals surface area contributed by atoms with Gasteiger partial charge >= 0.3 is 6.18 Å². The van der Waals surface area contributed by atoms with E-state index < -0.39 is 29.6 Å². The number of fused-ring (bicyclic) bond motifs is 1. The molecule has 0 saturated heterocycles. The number of nitrogens with two attached hydrogens (primary N) is 1. The number of allylic oxidation sites excluding steroid dienone is 1. The topological polar surface area (TPSA) is 106 Å². The molecule has 0 fully saturated rings. The maximum Gasteiger partial charge on any atom is 0.416 e. The molecule has 8 nitrogen and oxygen atoms in total. The van der Waals surface area contributed by atoms with Gasteiger partial charge in [-0.15, -0.1) is 0 Å². The number of carbonyl (C=O) groups excluding carboxylic acids is 2. The third-order valence-corrected chi connectivity index (χ3v) is 6.02. The number of hydrogen-bond acceptors (Lipinski definition) is 5. The molecule has 1 aromatic carbocycles. The molecule has 33 heavy (non-hydrogen) atoms. The number of hydrogen-bond donors (Lipinski definition) is 2. The zero-order chi connectivity index (χ0) is 24.5. The molecule has 2 aromatic rings. The Hall–Kier alpha value is -3.34. The van der Waals surface area contributed by atoms with Crippen molar-refractivity contribution >= 4 is 30.1 Å². The van der Waals surface area contributed by atoms with Gasteiger partial charge in [0.15, 0.2) is 5.69 Å². The summed E-state index contributed by atoms with van der Waals surface area (Å²) in [5.41, 5.74) is 8.41. The van der Waals surface area contributed by atoms with E-state index in [0.29, 0.717) is 29.9 Å². The molecule has 0 radical (unpaired) electrons. The Balaban J connectivity index is 2.04. The minimum Gasteiger partial charge on any atom is -0.369 e. The van der Waals surface area contributed by atoms with Gasteiger partial charge in [0, 0.05) is 43.2 Å². The summed E-state index contributed by atoms with van der Waals surface area (Å²) in [4.78, 5) is 25.8.